The largest absolute Gasteiger partial charge is 0.368 e. The molecule has 0 aliphatic carbocycles. The number of nitrogens with zero attached hydrogens (tertiary/aromatic N) is 3. The molecule has 2 aromatic rings. The third-order valence-corrected chi connectivity index (χ3v) is 3.61. The van der Waals surface area contributed by atoms with Gasteiger partial charge in [-0.05, 0) is 39.1 Å². The molecule has 4 nitrogen and oxygen atoms in total. The monoisotopic (exact) mass is 246 g/mol. The normalized spacial score (nSPS) is 12.1. The van der Waals surface area contributed by atoms with Crippen LogP contribution in [0.15, 0.2) is 24.5 Å². The van der Waals surface area contributed by atoms with Crippen molar-refractivity contribution in [1.29, 1.82) is 0 Å². The Kier molecular flexibility index (Phi) is 3.30. The lowest BCUT2D eigenvalue weighted by atomic mass is 10.0. The van der Waals surface area contributed by atoms with Crippen LogP contribution < -0.4 is 10.2 Å². The Hall–Kier alpha value is -1.55. The molecule has 1 N–H and O–H groups in total. The highest BCUT2D eigenvalue weighted by atomic mass is 15.2. The quantitative estimate of drug-likeness (QED) is 0.896. The van der Waals surface area contributed by atoms with Crippen LogP contribution in [-0.4, -0.2) is 35.7 Å². The summed E-state index contributed by atoms with van der Waals surface area (Å²) in [6, 6.07) is 6.43. The molecule has 0 atom stereocenters. The second-order valence-electron chi connectivity index (χ2n) is 5.43. The second-order valence-corrected chi connectivity index (χ2v) is 5.43. The molecule has 0 aliphatic heterocycles. The van der Waals surface area contributed by atoms with Gasteiger partial charge in [0.05, 0.1) is 17.4 Å². The van der Waals surface area contributed by atoms with Gasteiger partial charge in [0.2, 0.25) is 0 Å². The van der Waals surface area contributed by atoms with Crippen molar-refractivity contribution in [3.05, 3.63) is 24.5 Å². The van der Waals surface area contributed by atoms with E-state index in [1.165, 1.54) is 11.2 Å². The summed E-state index contributed by atoms with van der Waals surface area (Å²) in [5, 5.41) is 3.24. The number of nitrogens with one attached hydrogen (secondary N) is 1. The molecule has 2 rings (SSSR count). The van der Waals surface area contributed by atoms with Crippen LogP contribution in [0.4, 0.5) is 5.69 Å². The van der Waals surface area contributed by atoms with E-state index in [0.717, 1.165) is 12.1 Å². The first-order valence-corrected chi connectivity index (χ1v) is 6.25. The van der Waals surface area contributed by atoms with E-state index in [0.29, 0.717) is 0 Å². The molecule has 4 heteroatoms. The summed E-state index contributed by atoms with van der Waals surface area (Å²) < 4.78 is 2.04. The zero-order valence-electron chi connectivity index (χ0n) is 11.9. The number of aromatic nitrogens is 2. The Labute approximate surface area is 109 Å². The molecule has 0 bridgehead atoms. The van der Waals surface area contributed by atoms with Crippen LogP contribution in [0.2, 0.25) is 0 Å². The molecular weight excluding hydrogens is 224 g/mol. The van der Waals surface area contributed by atoms with Gasteiger partial charge in [0.25, 0.3) is 0 Å². The molecule has 98 valence electrons. The lowest BCUT2D eigenvalue weighted by Gasteiger charge is -2.37. The molecule has 18 heavy (non-hydrogen) atoms. The molecule has 0 saturated carbocycles. The van der Waals surface area contributed by atoms with Gasteiger partial charge in [-0.15, -0.1) is 0 Å². The van der Waals surface area contributed by atoms with Gasteiger partial charge in [-0.3, -0.25) is 0 Å². The van der Waals surface area contributed by atoms with Crippen molar-refractivity contribution in [1.82, 2.24) is 14.9 Å². The number of rotatable bonds is 4. The molecule has 1 aromatic heterocycles. The summed E-state index contributed by atoms with van der Waals surface area (Å²) in [7, 11) is 6.13. The predicted octanol–water partition coefficient (Wildman–Crippen LogP) is 2.01. The van der Waals surface area contributed by atoms with Crippen LogP contribution in [0.25, 0.3) is 11.0 Å². The average Bonchev–Trinajstić information content (AvgIpc) is 2.69. The number of benzene rings is 1. The molecule has 0 radical (unpaired) electrons. The maximum atomic E-state index is 4.41. The van der Waals surface area contributed by atoms with Crippen molar-refractivity contribution in [2.45, 2.75) is 19.4 Å². The summed E-state index contributed by atoms with van der Waals surface area (Å²) in [4.78, 5) is 6.70. The van der Waals surface area contributed by atoms with Gasteiger partial charge < -0.3 is 14.8 Å². The molecule has 0 aliphatic rings. The Bertz CT molecular complexity index is 542. The summed E-state index contributed by atoms with van der Waals surface area (Å²) in [5.41, 5.74) is 3.47. The smallest absolute Gasteiger partial charge is 0.0955 e. The first-order chi connectivity index (χ1) is 8.45. The van der Waals surface area contributed by atoms with Crippen molar-refractivity contribution in [2.24, 2.45) is 7.05 Å². The molecule has 0 fully saturated rings. The number of likely N-dealkylation sites (N-methyl/N-ethyl adjacent to an activating group) is 2. The summed E-state index contributed by atoms with van der Waals surface area (Å²) in [6.07, 6.45) is 1.85. The summed E-state index contributed by atoms with van der Waals surface area (Å²) in [6.45, 7) is 5.39. The van der Waals surface area contributed by atoms with Gasteiger partial charge in [0.1, 0.15) is 0 Å². The maximum Gasteiger partial charge on any atom is 0.0955 e. The Balaban J connectivity index is 2.36. The zero-order chi connectivity index (χ0) is 13.3. The van der Waals surface area contributed by atoms with Crippen LogP contribution in [0.5, 0.6) is 0 Å². The van der Waals surface area contributed by atoms with Crippen molar-refractivity contribution >= 4 is 16.7 Å². The number of fused-ring (bicyclic) bond motifs is 1. The zero-order valence-corrected chi connectivity index (χ0v) is 11.9. The van der Waals surface area contributed by atoms with Gasteiger partial charge >= 0.3 is 0 Å². The van der Waals surface area contributed by atoms with E-state index in [9.17, 15) is 0 Å². The molecule has 0 saturated heterocycles. The molecule has 0 amide bonds. The van der Waals surface area contributed by atoms with Crippen molar-refractivity contribution in [3.8, 4) is 0 Å². The SMILES string of the molecule is CNCC(C)(C)N(C)c1ccc2c(c1)ncn2C. The highest BCUT2D eigenvalue weighted by Crippen LogP contribution is 2.25. The van der Waals surface area contributed by atoms with E-state index >= 15 is 0 Å². The lowest BCUT2D eigenvalue weighted by molar-refractivity contribution is 0.463. The molecule has 1 heterocycles. The second kappa shape index (κ2) is 4.61. The van der Waals surface area contributed by atoms with Crippen LogP contribution in [0.3, 0.4) is 0 Å². The molecular formula is C14H22N4. The van der Waals surface area contributed by atoms with E-state index in [2.05, 4.69) is 54.3 Å². The summed E-state index contributed by atoms with van der Waals surface area (Å²) in [5.74, 6) is 0. The Morgan fingerprint density at radius 3 is 2.78 bits per heavy atom. The van der Waals surface area contributed by atoms with Gasteiger partial charge in [-0.1, -0.05) is 0 Å². The first kappa shape index (κ1) is 12.9. The van der Waals surface area contributed by atoms with Crippen molar-refractivity contribution in [3.63, 3.8) is 0 Å². The van der Waals surface area contributed by atoms with Crippen molar-refractivity contribution in [2.75, 3.05) is 25.5 Å². The standard InChI is InChI=1S/C14H22N4/c1-14(2,9-15-3)18(5)11-6-7-13-12(8-11)16-10-17(13)4/h6-8,10,15H,9H2,1-5H3. The highest BCUT2D eigenvalue weighted by molar-refractivity contribution is 5.79. The van der Waals surface area contributed by atoms with Crippen LogP contribution in [0.1, 0.15) is 13.8 Å². The maximum absolute atomic E-state index is 4.41. The highest BCUT2D eigenvalue weighted by Gasteiger charge is 2.23. The van der Waals surface area contributed by atoms with Gasteiger partial charge in [-0.25, -0.2) is 4.98 Å². The number of anilines is 1. The number of hydrogen-bond acceptors (Lipinski definition) is 3. The fourth-order valence-electron chi connectivity index (χ4n) is 2.23. The third kappa shape index (κ3) is 2.20. The van der Waals surface area contributed by atoms with E-state index < -0.39 is 0 Å². The fraction of sp³-hybridized carbons (Fsp3) is 0.500. The Morgan fingerprint density at radius 2 is 2.11 bits per heavy atom. The van der Waals surface area contributed by atoms with Gasteiger partial charge in [-0.2, -0.15) is 0 Å². The van der Waals surface area contributed by atoms with Gasteiger partial charge in [0.15, 0.2) is 0 Å². The first-order valence-electron chi connectivity index (χ1n) is 6.25. The minimum absolute atomic E-state index is 0.0667. The lowest BCUT2D eigenvalue weighted by Crippen LogP contribution is -2.48. The Morgan fingerprint density at radius 1 is 1.39 bits per heavy atom. The van der Waals surface area contributed by atoms with E-state index in [-0.39, 0.29) is 5.54 Å². The van der Waals surface area contributed by atoms with Crippen LogP contribution in [0, 0.1) is 0 Å². The minimum Gasteiger partial charge on any atom is -0.368 e. The summed E-state index contributed by atoms with van der Waals surface area (Å²) >= 11 is 0. The number of imidazole rings is 1. The number of hydrogen-bond donors (Lipinski definition) is 1. The van der Waals surface area contributed by atoms with E-state index in [4.69, 9.17) is 0 Å². The average molecular weight is 246 g/mol. The van der Waals surface area contributed by atoms with Crippen LogP contribution in [-0.2, 0) is 7.05 Å². The fourth-order valence-corrected chi connectivity index (χ4v) is 2.23. The van der Waals surface area contributed by atoms with E-state index in [1.807, 2.05) is 25.0 Å². The molecule has 0 unspecified atom stereocenters. The van der Waals surface area contributed by atoms with E-state index in [1.54, 1.807) is 0 Å². The molecule has 1 aromatic carbocycles. The van der Waals surface area contributed by atoms with Crippen LogP contribution >= 0.6 is 0 Å². The minimum atomic E-state index is 0.0667. The third-order valence-electron chi connectivity index (χ3n) is 3.61. The topological polar surface area (TPSA) is 33.1 Å². The van der Waals surface area contributed by atoms with Crippen molar-refractivity contribution < 1.29 is 0 Å². The predicted molar refractivity (Wildman–Crippen MR) is 77.1 cm³/mol. The van der Waals surface area contributed by atoms with Gasteiger partial charge in [0, 0.05) is 31.9 Å². The number of aryl methyl sites for hydroxylation is 1. The molecule has 0 spiro atoms.